The zero-order valence-electron chi connectivity index (χ0n) is 11.6. The van der Waals surface area contributed by atoms with Gasteiger partial charge in [0.25, 0.3) is 0 Å². The lowest BCUT2D eigenvalue weighted by Gasteiger charge is -2.32. The van der Waals surface area contributed by atoms with Gasteiger partial charge >= 0.3 is 0 Å². The van der Waals surface area contributed by atoms with Gasteiger partial charge in [-0.1, -0.05) is 0 Å². The SMILES string of the molecule is COCC(C)n1cc(C)nc1N1CCCC(N)C1. The maximum atomic E-state index is 6.05. The molecule has 0 bridgehead atoms. The number of rotatable bonds is 4. The maximum Gasteiger partial charge on any atom is 0.206 e. The van der Waals surface area contributed by atoms with Gasteiger partial charge < -0.3 is 19.9 Å². The lowest BCUT2D eigenvalue weighted by molar-refractivity contribution is 0.162. The molecule has 2 N–H and O–H groups in total. The minimum Gasteiger partial charge on any atom is -0.383 e. The second kappa shape index (κ2) is 5.71. The number of hydrogen-bond donors (Lipinski definition) is 1. The number of methoxy groups -OCH3 is 1. The van der Waals surface area contributed by atoms with Crippen molar-refractivity contribution in [1.29, 1.82) is 0 Å². The summed E-state index contributed by atoms with van der Waals surface area (Å²) in [5.41, 5.74) is 7.10. The minimum absolute atomic E-state index is 0.266. The molecule has 0 amide bonds. The number of aromatic nitrogens is 2. The lowest BCUT2D eigenvalue weighted by Crippen LogP contribution is -2.44. The van der Waals surface area contributed by atoms with Crippen LogP contribution in [0, 0.1) is 6.92 Å². The first-order valence-electron chi connectivity index (χ1n) is 6.66. The molecule has 1 aromatic rings. The van der Waals surface area contributed by atoms with Crippen LogP contribution >= 0.6 is 0 Å². The van der Waals surface area contributed by atoms with Gasteiger partial charge in [-0.05, 0) is 26.7 Å². The molecule has 2 heterocycles. The van der Waals surface area contributed by atoms with E-state index in [-0.39, 0.29) is 6.04 Å². The minimum atomic E-state index is 0.266. The Morgan fingerprint density at radius 2 is 2.39 bits per heavy atom. The van der Waals surface area contributed by atoms with Crippen molar-refractivity contribution in [3.8, 4) is 0 Å². The van der Waals surface area contributed by atoms with Crippen LogP contribution in [0.25, 0.3) is 0 Å². The predicted octanol–water partition coefficient (Wildman–Crippen LogP) is 1.33. The summed E-state index contributed by atoms with van der Waals surface area (Å²) in [5.74, 6) is 1.03. The van der Waals surface area contributed by atoms with Crippen molar-refractivity contribution in [2.24, 2.45) is 5.73 Å². The molecule has 1 aliphatic rings. The van der Waals surface area contributed by atoms with Gasteiger partial charge in [0.05, 0.1) is 18.3 Å². The first kappa shape index (κ1) is 13.4. The third kappa shape index (κ3) is 2.84. The molecule has 102 valence electrons. The van der Waals surface area contributed by atoms with E-state index in [4.69, 9.17) is 10.5 Å². The number of aryl methyl sites for hydroxylation is 1. The van der Waals surface area contributed by atoms with E-state index in [9.17, 15) is 0 Å². The molecular weight excluding hydrogens is 228 g/mol. The van der Waals surface area contributed by atoms with Crippen molar-refractivity contribution in [2.75, 3.05) is 31.7 Å². The highest BCUT2D eigenvalue weighted by Gasteiger charge is 2.22. The van der Waals surface area contributed by atoms with Crippen LogP contribution in [0.2, 0.25) is 0 Å². The Morgan fingerprint density at radius 1 is 1.61 bits per heavy atom. The summed E-state index contributed by atoms with van der Waals surface area (Å²) in [7, 11) is 1.73. The lowest BCUT2D eigenvalue weighted by atomic mass is 10.1. The third-order valence-corrected chi connectivity index (χ3v) is 3.46. The molecule has 0 saturated carbocycles. The van der Waals surface area contributed by atoms with Crippen LogP contribution in [-0.2, 0) is 4.74 Å². The van der Waals surface area contributed by atoms with E-state index < -0.39 is 0 Å². The highest BCUT2D eigenvalue weighted by Crippen LogP contribution is 2.23. The Morgan fingerprint density at radius 3 is 3.06 bits per heavy atom. The predicted molar refractivity (Wildman–Crippen MR) is 73.0 cm³/mol. The van der Waals surface area contributed by atoms with Gasteiger partial charge in [0.15, 0.2) is 0 Å². The molecule has 1 aliphatic heterocycles. The van der Waals surface area contributed by atoms with Gasteiger partial charge in [0.1, 0.15) is 0 Å². The quantitative estimate of drug-likeness (QED) is 0.878. The van der Waals surface area contributed by atoms with E-state index >= 15 is 0 Å². The molecular formula is C13H24N4O. The number of anilines is 1. The summed E-state index contributed by atoms with van der Waals surface area (Å²) in [6.07, 6.45) is 4.36. The Balaban J connectivity index is 2.20. The van der Waals surface area contributed by atoms with Crippen LogP contribution in [0.15, 0.2) is 6.20 Å². The normalized spacial score (nSPS) is 22.2. The van der Waals surface area contributed by atoms with E-state index in [2.05, 4.69) is 27.6 Å². The Kier molecular flexibility index (Phi) is 4.24. The first-order valence-corrected chi connectivity index (χ1v) is 6.66. The largest absolute Gasteiger partial charge is 0.383 e. The fourth-order valence-electron chi connectivity index (χ4n) is 2.57. The Labute approximate surface area is 109 Å². The molecule has 0 radical (unpaired) electrons. The first-order chi connectivity index (χ1) is 8.61. The Hall–Kier alpha value is -1.07. The number of imidazole rings is 1. The number of nitrogens with two attached hydrogens (primary N) is 1. The van der Waals surface area contributed by atoms with Gasteiger partial charge in [-0.15, -0.1) is 0 Å². The second-order valence-electron chi connectivity index (χ2n) is 5.24. The van der Waals surface area contributed by atoms with Crippen molar-refractivity contribution in [3.05, 3.63) is 11.9 Å². The molecule has 1 fully saturated rings. The van der Waals surface area contributed by atoms with E-state index in [1.165, 1.54) is 0 Å². The van der Waals surface area contributed by atoms with Crippen LogP contribution in [0.3, 0.4) is 0 Å². The molecule has 5 heteroatoms. The van der Waals surface area contributed by atoms with Gasteiger partial charge in [-0.2, -0.15) is 0 Å². The zero-order valence-corrected chi connectivity index (χ0v) is 11.6. The van der Waals surface area contributed by atoms with Crippen LogP contribution in [0.4, 0.5) is 5.95 Å². The summed E-state index contributed by atoms with van der Waals surface area (Å²) in [5, 5.41) is 0. The van der Waals surface area contributed by atoms with Crippen molar-refractivity contribution < 1.29 is 4.74 Å². The van der Waals surface area contributed by atoms with E-state index in [0.717, 1.165) is 37.6 Å². The van der Waals surface area contributed by atoms with Crippen LogP contribution in [0.1, 0.15) is 31.5 Å². The molecule has 0 aromatic carbocycles. The Bertz CT molecular complexity index is 390. The van der Waals surface area contributed by atoms with Gasteiger partial charge in [-0.25, -0.2) is 4.98 Å². The van der Waals surface area contributed by atoms with Crippen LogP contribution in [0.5, 0.6) is 0 Å². The standard InChI is InChI=1S/C13H24N4O/c1-10-7-17(11(2)9-18-3)13(15-10)16-6-4-5-12(14)8-16/h7,11-12H,4-6,8-9,14H2,1-3H3. The summed E-state index contributed by atoms with van der Waals surface area (Å²) in [6, 6.07) is 0.561. The average Bonchev–Trinajstić information content (AvgIpc) is 2.72. The van der Waals surface area contributed by atoms with Crippen molar-refractivity contribution >= 4 is 5.95 Å². The smallest absolute Gasteiger partial charge is 0.206 e. The van der Waals surface area contributed by atoms with Crippen LogP contribution < -0.4 is 10.6 Å². The summed E-state index contributed by atoms with van der Waals surface area (Å²) in [6.45, 7) is 6.82. The molecule has 2 rings (SSSR count). The summed E-state index contributed by atoms with van der Waals surface area (Å²) >= 11 is 0. The average molecular weight is 252 g/mol. The molecule has 18 heavy (non-hydrogen) atoms. The summed E-state index contributed by atoms with van der Waals surface area (Å²) in [4.78, 5) is 6.95. The zero-order chi connectivity index (χ0) is 13.1. The third-order valence-electron chi connectivity index (χ3n) is 3.46. The van der Waals surface area contributed by atoms with Gasteiger partial charge in [-0.3, -0.25) is 0 Å². The highest BCUT2D eigenvalue weighted by atomic mass is 16.5. The molecule has 5 nitrogen and oxygen atoms in total. The van der Waals surface area contributed by atoms with Gasteiger partial charge in [0.2, 0.25) is 5.95 Å². The monoisotopic (exact) mass is 252 g/mol. The molecule has 1 saturated heterocycles. The number of hydrogen-bond acceptors (Lipinski definition) is 4. The van der Waals surface area contributed by atoms with E-state index in [1.54, 1.807) is 7.11 Å². The molecule has 2 unspecified atom stereocenters. The van der Waals surface area contributed by atoms with E-state index in [0.29, 0.717) is 12.6 Å². The second-order valence-corrected chi connectivity index (χ2v) is 5.24. The number of nitrogens with zero attached hydrogens (tertiary/aromatic N) is 3. The van der Waals surface area contributed by atoms with E-state index in [1.807, 2.05) is 6.92 Å². The van der Waals surface area contributed by atoms with Gasteiger partial charge in [0, 0.05) is 32.4 Å². The fraction of sp³-hybridized carbons (Fsp3) is 0.769. The topological polar surface area (TPSA) is 56.3 Å². The van der Waals surface area contributed by atoms with Crippen molar-refractivity contribution in [1.82, 2.24) is 9.55 Å². The molecule has 0 spiro atoms. The molecule has 1 aromatic heterocycles. The molecule has 2 atom stereocenters. The fourth-order valence-corrected chi connectivity index (χ4v) is 2.57. The molecule has 0 aliphatic carbocycles. The van der Waals surface area contributed by atoms with Crippen LogP contribution in [-0.4, -0.2) is 42.4 Å². The maximum absolute atomic E-state index is 6.05. The summed E-state index contributed by atoms with van der Waals surface area (Å²) < 4.78 is 7.44. The van der Waals surface area contributed by atoms with Crippen molar-refractivity contribution in [2.45, 2.75) is 38.8 Å². The number of ether oxygens (including phenoxy) is 1. The highest BCUT2D eigenvalue weighted by molar-refractivity contribution is 5.35. The number of piperidine rings is 1. The van der Waals surface area contributed by atoms with Crippen molar-refractivity contribution in [3.63, 3.8) is 0 Å².